The van der Waals surface area contributed by atoms with Gasteiger partial charge < -0.3 is 41.9 Å². The number of nitrogens with zero attached hydrogens (tertiary/aromatic N) is 1. The predicted molar refractivity (Wildman–Crippen MR) is 241 cm³/mol. The van der Waals surface area contributed by atoms with Crippen LogP contribution in [0.4, 0.5) is 0 Å². The van der Waals surface area contributed by atoms with Crippen molar-refractivity contribution in [3.8, 4) is 0 Å². The summed E-state index contributed by atoms with van der Waals surface area (Å²) in [5.41, 5.74) is 10.8. The molecule has 0 unspecified atom stereocenters. The van der Waals surface area contributed by atoms with Gasteiger partial charge in [0.25, 0.3) is 0 Å². The number of carboxylic acids is 2. The van der Waals surface area contributed by atoms with E-state index in [1.807, 2.05) is 0 Å². The van der Waals surface area contributed by atoms with Crippen molar-refractivity contribution >= 4 is 23.7 Å². The normalized spacial score (nSPS) is 12.3. The summed E-state index contributed by atoms with van der Waals surface area (Å²) in [5.74, 6) is -2.08. The molecule has 0 fully saturated rings. The number of carbonyl (C=O) groups is 3. The minimum atomic E-state index is -1.22. The van der Waals surface area contributed by atoms with Gasteiger partial charge in [0.15, 0.2) is 0 Å². The maximum atomic E-state index is 11.8. The molecular formula is C48H94N4O6Zn. The predicted octanol–water partition coefficient (Wildman–Crippen LogP) is 10.2. The van der Waals surface area contributed by atoms with Crippen LogP contribution in [0.5, 0.6) is 0 Å². The first-order chi connectivity index (χ1) is 28.1. The van der Waals surface area contributed by atoms with Crippen molar-refractivity contribution in [1.82, 2.24) is 5.32 Å². The van der Waals surface area contributed by atoms with Crippen LogP contribution in [0.1, 0.15) is 258 Å². The van der Waals surface area contributed by atoms with Gasteiger partial charge in [0.2, 0.25) is 5.91 Å². The molecule has 344 valence electrons. The van der Waals surface area contributed by atoms with Crippen LogP contribution in [-0.2, 0) is 33.9 Å². The third-order valence-corrected chi connectivity index (χ3v) is 11.1. The minimum Gasteiger partial charge on any atom is -0.862 e. The Hall–Kier alpha value is -1.58. The zero-order valence-corrected chi connectivity index (χ0v) is 41.7. The third kappa shape index (κ3) is 52.5. The van der Waals surface area contributed by atoms with Crippen LogP contribution in [0.25, 0.3) is 0 Å². The summed E-state index contributed by atoms with van der Waals surface area (Å²) in [6, 6.07) is -1.70. The number of unbranched alkanes of at least 4 members (excludes halogenated alkanes) is 30. The van der Waals surface area contributed by atoms with E-state index >= 15 is 0 Å². The zero-order valence-electron chi connectivity index (χ0n) is 38.7. The maximum absolute atomic E-state index is 11.8. The SMILES string of the molecule is CCCCCCCCCCCCCCCCCC(=O)NCCCC[C@H](N)C(=O)O.CCCCCCCCCCCCCCCCCC([O-])=NCCCC[C@H](N)C(=O)[O-].[Zn+2]. The van der Waals surface area contributed by atoms with Gasteiger partial charge in [0, 0.05) is 25.6 Å². The summed E-state index contributed by atoms with van der Waals surface area (Å²) in [5, 5.41) is 33.8. The van der Waals surface area contributed by atoms with Crippen LogP contribution in [0.3, 0.4) is 0 Å². The van der Waals surface area contributed by atoms with E-state index in [4.69, 9.17) is 16.6 Å². The van der Waals surface area contributed by atoms with Crippen molar-refractivity contribution < 1.29 is 49.2 Å². The smallest absolute Gasteiger partial charge is 0.862 e. The molecule has 0 saturated carbocycles. The summed E-state index contributed by atoms with van der Waals surface area (Å²) in [7, 11) is 0. The molecule has 0 aliphatic heterocycles. The summed E-state index contributed by atoms with van der Waals surface area (Å²) in [6.07, 6.45) is 44.6. The number of aliphatic imine (C=N–C) groups is 1. The molecule has 2 atom stereocenters. The first-order valence-electron chi connectivity index (χ1n) is 24.6. The van der Waals surface area contributed by atoms with Crippen molar-refractivity contribution in [3.05, 3.63) is 0 Å². The molecule has 0 aromatic carbocycles. The van der Waals surface area contributed by atoms with Crippen LogP contribution in [0.2, 0.25) is 0 Å². The second-order valence-electron chi connectivity index (χ2n) is 16.9. The number of carbonyl (C=O) groups excluding carboxylic acids is 2. The molecule has 6 N–H and O–H groups in total. The van der Waals surface area contributed by atoms with Gasteiger partial charge in [-0.3, -0.25) is 9.59 Å². The molecule has 1 amide bonds. The first kappa shape index (κ1) is 61.7. The molecule has 0 radical (unpaired) electrons. The van der Waals surface area contributed by atoms with Crippen molar-refractivity contribution in [2.75, 3.05) is 13.1 Å². The summed E-state index contributed by atoms with van der Waals surface area (Å²) >= 11 is 0. The molecule has 0 heterocycles. The van der Waals surface area contributed by atoms with Crippen LogP contribution in [0.15, 0.2) is 4.99 Å². The first-order valence-corrected chi connectivity index (χ1v) is 24.6. The van der Waals surface area contributed by atoms with Crippen LogP contribution in [-0.4, -0.2) is 54.0 Å². The molecule has 0 spiro atoms. The van der Waals surface area contributed by atoms with Gasteiger partial charge in [0.1, 0.15) is 6.04 Å². The Bertz CT molecular complexity index is 941. The van der Waals surface area contributed by atoms with Gasteiger partial charge in [-0.2, -0.15) is 0 Å². The van der Waals surface area contributed by atoms with Gasteiger partial charge in [-0.1, -0.05) is 194 Å². The maximum Gasteiger partial charge on any atom is 2.00 e. The Kier molecular flexibility index (Phi) is 53.1. The van der Waals surface area contributed by atoms with E-state index < -0.39 is 24.0 Å². The number of nitrogens with two attached hydrogens (primary N) is 2. The summed E-state index contributed by atoms with van der Waals surface area (Å²) in [6.45, 7) is 5.62. The topological polar surface area (TPSA) is 194 Å². The average Bonchev–Trinajstić information content (AvgIpc) is 3.20. The number of carboxylic acid groups (broad SMARTS) is 2. The van der Waals surface area contributed by atoms with E-state index in [0.29, 0.717) is 51.6 Å². The molecule has 0 aromatic heterocycles. The fourth-order valence-corrected chi connectivity index (χ4v) is 7.11. The quantitative estimate of drug-likeness (QED) is 0.0201. The number of nitrogens with one attached hydrogen (secondary N) is 1. The van der Waals surface area contributed by atoms with Crippen molar-refractivity contribution in [2.24, 2.45) is 16.5 Å². The Balaban J connectivity index is -0.00000105. The number of hydrogen-bond acceptors (Lipinski definition) is 8. The van der Waals surface area contributed by atoms with E-state index in [9.17, 15) is 24.6 Å². The molecule has 0 saturated heterocycles. The van der Waals surface area contributed by atoms with Crippen LogP contribution in [0, 0.1) is 0 Å². The average molecular weight is 889 g/mol. The second kappa shape index (κ2) is 50.8. The Morgan fingerprint density at radius 1 is 0.492 bits per heavy atom. The molecule has 0 rings (SSSR count). The van der Waals surface area contributed by atoms with E-state index in [0.717, 1.165) is 38.5 Å². The van der Waals surface area contributed by atoms with Gasteiger partial charge in [-0.15, -0.1) is 0 Å². The number of amides is 1. The van der Waals surface area contributed by atoms with Crippen molar-refractivity contribution in [3.63, 3.8) is 0 Å². The molecule has 11 heteroatoms. The number of rotatable bonds is 44. The molecule has 0 aromatic rings. The fourth-order valence-electron chi connectivity index (χ4n) is 7.11. The second-order valence-corrected chi connectivity index (χ2v) is 16.9. The van der Waals surface area contributed by atoms with E-state index in [1.165, 1.54) is 167 Å². The van der Waals surface area contributed by atoms with Crippen LogP contribution < -0.4 is 27.0 Å². The molecule has 59 heavy (non-hydrogen) atoms. The van der Waals surface area contributed by atoms with E-state index in [1.54, 1.807) is 0 Å². The number of aliphatic carboxylic acids is 2. The molecule has 10 nitrogen and oxygen atoms in total. The molecular weight excluding hydrogens is 794 g/mol. The molecule has 0 bridgehead atoms. The van der Waals surface area contributed by atoms with E-state index in [2.05, 4.69) is 24.2 Å². The van der Waals surface area contributed by atoms with Crippen molar-refractivity contribution in [1.29, 1.82) is 0 Å². The summed E-state index contributed by atoms with van der Waals surface area (Å²) in [4.78, 5) is 36.9. The van der Waals surface area contributed by atoms with E-state index in [-0.39, 0.29) is 31.3 Å². The van der Waals surface area contributed by atoms with Gasteiger partial charge in [0.05, 0.1) is 5.97 Å². The largest absolute Gasteiger partial charge is 2.00 e. The van der Waals surface area contributed by atoms with Gasteiger partial charge in [-0.05, 0) is 63.7 Å². The Morgan fingerprint density at radius 2 is 0.831 bits per heavy atom. The number of hydrogen-bond donors (Lipinski definition) is 4. The zero-order chi connectivity index (χ0) is 43.2. The van der Waals surface area contributed by atoms with Crippen molar-refractivity contribution in [2.45, 2.75) is 270 Å². The summed E-state index contributed by atoms with van der Waals surface area (Å²) < 4.78 is 0. The molecule has 0 aliphatic rings. The standard InChI is InChI=1S/2C24H48N2O3.Zn/c2*1-2-3-4-5-6-7-8-9-10-11-12-13-14-15-16-20-23(27)26-21-18-17-19-22(25)24(28)29;/h2*22H,2-21,25H2,1H3,(H,26,27)(H,28,29);/q;;+2/p-2/t2*22-;/m00./s1. The molecule has 0 aliphatic carbocycles. The monoisotopic (exact) mass is 887 g/mol. The third-order valence-electron chi connectivity index (χ3n) is 11.1. The van der Waals surface area contributed by atoms with Crippen LogP contribution >= 0.6 is 0 Å². The minimum absolute atomic E-state index is 0. The Labute approximate surface area is 376 Å². The Morgan fingerprint density at radius 3 is 1.20 bits per heavy atom. The van der Waals surface area contributed by atoms with Gasteiger partial charge >= 0.3 is 25.4 Å². The fraction of sp³-hybridized carbons (Fsp3) is 0.917. The van der Waals surface area contributed by atoms with Gasteiger partial charge in [-0.25, -0.2) is 0 Å².